The molecule has 3 heterocycles. The van der Waals surface area contributed by atoms with Crippen LogP contribution in [-0.4, -0.2) is 23.3 Å². The van der Waals surface area contributed by atoms with Gasteiger partial charge in [0.1, 0.15) is 0 Å². The summed E-state index contributed by atoms with van der Waals surface area (Å²) in [5, 5.41) is 7.85. The predicted molar refractivity (Wildman–Crippen MR) is 127 cm³/mol. The largest absolute Gasteiger partial charge is 0.384 e. The lowest BCUT2D eigenvalue weighted by atomic mass is 9.64. The Hall–Kier alpha value is -2.66. The van der Waals surface area contributed by atoms with Crippen molar-refractivity contribution < 1.29 is 9.26 Å². The first-order valence-corrected chi connectivity index (χ1v) is 12.6. The van der Waals surface area contributed by atoms with Crippen molar-refractivity contribution in [2.75, 3.05) is 18.5 Å². The molecular weight excluding hydrogens is 410 g/mol. The summed E-state index contributed by atoms with van der Waals surface area (Å²) >= 11 is 0. The smallest absolute Gasteiger partial charge is 0.258 e. The maximum atomic E-state index is 6.61. The Labute approximate surface area is 194 Å². The molecule has 8 rings (SSSR count). The topological polar surface area (TPSA) is 60.2 Å². The van der Waals surface area contributed by atoms with Crippen LogP contribution in [0.15, 0.2) is 53.1 Å². The molecule has 3 aromatic rings. The Bertz CT molecular complexity index is 1140. The third-order valence-corrected chi connectivity index (χ3v) is 8.42. The standard InChI is InChI=1S/C28H31N3O2/c1-2-22(26-30-25(31-33-26)21-6-7-21)16-24(3-1)29-17-27-12-14-28(15-13-27,32-18-27)23-10-8-20(9-11-23)19-4-5-19/h1-3,8-11,16,19,21,29H,4-7,12-15,17-18H2. The zero-order valence-corrected chi connectivity index (χ0v) is 19.1. The summed E-state index contributed by atoms with van der Waals surface area (Å²) in [4.78, 5) is 4.60. The van der Waals surface area contributed by atoms with E-state index in [1.165, 1.54) is 49.7 Å². The maximum absolute atomic E-state index is 6.61. The number of nitrogens with one attached hydrogen (secondary N) is 1. The predicted octanol–water partition coefficient (Wildman–Crippen LogP) is 6.39. The van der Waals surface area contributed by atoms with E-state index in [1.807, 2.05) is 6.07 Å². The van der Waals surface area contributed by atoms with Crippen molar-refractivity contribution in [1.29, 1.82) is 0 Å². The third-order valence-electron chi connectivity index (χ3n) is 8.42. The van der Waals surface area contributed by atoms with E-state index in [0.29, 0.717) is 11.8 Å². The van der Waals surface area contributed by atoms with Crippen molar-refractivity contribution in [1.82, 2.24) is 10.1 Å². The van der Waals surface area contributed by atoms with Gasteiger partial charge < -0.3 is 14.6 Å². The number of rotatable bonds is 7. The van der Waals surface area contributed by atoms with Gasteiger partial charge in [-0.25, -0.2) is 0 Å². The second-order valence-corrected chi connectivity index (χ2v) is 10.8. The van der Waals surface area contributed by atoms with Crippen molar-refractivity contribution >= 4 is 5.69 Å². The van der Waals surface area contributed by atoms with E-state index in [1.54, 1.807) is 0 Å². The van der Waals surface area contributed by atoms with Crippen LogP contribution in [0.4, 0.5) is 5.69 Å². The Morgan fingerprint density at radius 1 is 0.909 bits per heavy atom. The van der Waals surface area contributed by atoms with Crippen molar-refractivity contribution in [3.63, 3.8) is 0 Å². The molecule has 2 saturated heterocycles. The second-order valence-electron chi connectivity index (χ2n) is 10.8. The van der Waals surface area contributed by atoms with Crippen LogP contribution in [0, 0.1) is 5.41 Å². The minimum absolute atomic E-state index is 0.0685. The Morgan fingerprint density at radius 3 is 2.39 bits per heavy atom. The number of ether oxygens (including phenoxy) is 1. The summed E-state index contributed by atoms with van der Waals surface area (Å²) in [6.45, 7) is 1.77. The van der Waals surface area contributed by atoms with Crippen LogP contribution in [0.2, 0.25) is 0 Å². The average molecular weight is 442 g/mol. The molecule has 0 unspecified atom stereocenters. The Morgan fingerprint density at radius 2 is 1.70 bits per heavy atom. The van der Waals surface area contributed by atoms with E-state index < -0.39 is 0 Å². The van der Waals surface area contributed by atoms with E-state index in [2.05, 4.69) is 57.9 Å². The summed E-state index contributed by atoms with van der Waals surface area (Å²) in [6, 6.07) is 17.7. The molecule has 3 aliphatic carbocycles. The number of benzene rings is 2. The van der Waals surface area contributed by atoms with Gasteiger partial charge in [-0.05, 0) is 86.6 Å². The van der Waals surface area contributed by atoms with E-state index in [-0.39, 0.29) is 11.0 Å². The van der Waals surface area contributed by atoms with E-state index in [9.17, 15) is 0 Å². The molecule has 2 bridgehead atoms. The zero-order chi connectivity index (χ0) is 21.9. The molecule has 0 spiro atoms. The monoisotopic (exact) mass is 441 g/mol. The minimum Gasteiger partial charge on any atom is -0.384 e. The molecule has 2 aromatic carbocycles. The SMILES string of the molecule is c1cc(NCC23CCC(c4ccc(C5CC5)cc4)(CC2)OC3)cc(-c2nc(C3CC3)no2)c1. The molecule has 5 heteroatoms. The van der Waals surface area contributed by atoms with Crippen molar-refractivity contribution in [3.05, 3.63) is 65.5 Å². The molecule has 5 fully saturated rings. The van der Waals surface area contributed by atoms with E-state index in [0.717, 1.165) is 49.0 Å². The highest BCUT2D eigenvalue weighted by molar-refractivity contribution is 5.61. The number of anilines is 1. The van der Waals surface area contributed by atoms with Crippen molar-refractivity contribution in [3.8, 4) is 11.5 Å². The number of hydrogen-bond acceptors (Lipinski definition) is 5. The van der Waals surface area contributed by atoms with Crippen LogP contribution < -0.4 is 5.32 Å². The zero-order valence-electron chi connectivity index (χ0n) is 19.1. The molecule has 5 nitrogen and oxygen atoms in total. The van der Waals surface area contributed by atoms with Crippen LogP contribution in [0.1, 0.15) is 80.2 Å². The van der Waals surface area contributed by atoms with Gasteiger partial charge in [-0.1, -0.05) is 35.5 Å². The maximum Gasteiger partial charge on any atom is 0.258 e. The fraction of sp³-hybridized carbons (Fsp3) is 0.500. The summed E-state index contributed by atoms with van der Waals surface area (Å²) in [5.41, 5.74) is 5.12. The Kier molecular flexibility index (Phi) is 4.45. The van der Waals surface area contributed by atoms with Gasteiger partial charge in [0.15, 0.2) is 5.82 Å². The van der Waals surface area contributed by atoms with Gasteiger partial charge in [0.05, 0.1) is 12.2 Å². The normalized spacial score (nSPS) is 28.7. The molecule has 170 valence electrons. The average Bonchev–Trinajstić information content (AvgIpc) is 3.83. The number of fused-ring (bicyclic) bond motifs is 3. The van der Waals surface area contributed by atoms with Gasteiger partial charge in [-0.2, -0.15) is 4.98 Å². The molecule has 3 saturated carbocycles. The first-order chi connectivity index (χ1) is 16.2. The highest BCUT2D eigenvalue weighted by Gasteiger charge is 2.50. The molecular formula is C28H31N3O2. The quantitative estimate of drug-likeness (QED) is 0.460. The molecule has 0 radical (unpaired) electrons. The fourth-order valence-corrected chi connectivity index (χ4v) is 5.75. The highest BCUT2D eigenvalue weighted by atomic mass is 16.5. The van der Waals surface area contributed by atoms with Crippen LogP contribution in [0.25, 0.3) is 11.5 Å². The first kappa shape index (κ1) is 19.8. The number of hydrogen-bond donors (Lipinski definition) is 1. The van der Waals surface area contributed by atoms with Crippen molar-refractivity contribution in [2.45, 2.75) is 68.8 Å². The highest BCUT2D eigenvalue weighted by Crippen LogP contribution is 2.54. The molecule has 1 aromatic heterocycles. The van der Waals surface area contributed by atoms with Crippen LogP contribution in [0.3, 0.4) is 0 Å². The Balaban J connectivity index is 1.01. The molecule has 2 aliphatic heterocycles. The molecule has 0 atom stereocenters. The van der Waals surface area contributed by atoms with Gasteiger partial charge in [0.2, 0.25) is 0 Å². The van der Waals surface area contributed by atoms with E-state index in [4.69, 9.17) is 9.26 Å². The van der Waals surface area contributed by atoms with Gasteiger partial charge in [-0.3, -0.25) is 0 Å². The van der Waals surface area contributed by atoms with Gasteiger partial charge in [-0.15, -0.1) is 0 Å². The van der Waals surface area contributed by atoms with Gasteiger partial charge >= 0.3 is 0 Å². The minimum atomic E-state index is -0.0685. The van der Waals surface area contributed by atoms with Crippen LogP contribution in [0.5, 0.6) is 0 Å². The summed E-state index contributed by atoms with van der Waals surface area (Å²) in [5.74, 6) is 2.79. The first-order valence-electron chi connectivity index (χ1n) is 12.6. The second kappa shape index (κ2) is 7.42. The van der Waals surface area contributed by atoms with E-state index >= 15 is 0 Å². The summed E-state index contributed by atoms with van der Waals surface area (Å²) in [7, 11) is 0. The number of nitrogens with zero attached hydrogens (tertiary/aromatic N) is 2. The third kappa shape index (κ3) is 3.67. The summed E-state index contributed by atoms with van der Waals surface area (Å²) in [6.07, 6.45) is 9.71. The number of aromatic nitrogens is 2. The summed E-state index contributed by atoms with van der Waals surface area (Å²) < 4.78 is 12.1. The van der Waals surface area contributed by atoms with Crippen molar-refractivity contribution in [2.24, 2.45) is 5.41 Å². The molecule has 5 aliphatic rings. The molecule has 1 N–H and O–H groups in total. The van der Waals surface area contributed by atoms with Gasteiger partial charge in [0, 0.05) is 29.1 Å². The van der Waals surface area contributed by atoms with Crippen LogP contribution >= 0.6 is 0 Å². The van der Waals surface area contributed by atoms with Gasteiger partial charge in [0.25, 0.3) is 5.89 Å². The molecule has 0 amide bonds. The lowest BCUT2D eigenvalue weighted by Crippen LogP contribution is -2.51. The molecule has 33 heavy (non-hydrogen) atoms. The lowest BCUT2D eigenvalue weighted by molar-refractivity contribution is -0.185. The fourth-order valence-electron chi connectivity index (χ4n) is 5.75. The van der Waals surface area contributed by atoms with Crippen LogP contribution in [-0.2, 0) is 10.3 Å². The lowest BCUT2D eigenvalue weighted by Gasteiger charge is -2.53.